The van der Waals surface area contributed by atoms with Gasteiger partial charge in [0.1, 0.15) is 35.3 Å². The van der Waals surface area contributed by atoms with Crippen molar-refractivity contribution in [3.05, 3.63) is 112 Å². The van der Waals surface area contributed by atoms with Crippen molar-refractivity contribution in [2.24, 2.45) is 22.9 Å². The van der Waals surface area contributed by atoms with Gasteiger partial charge in [-0.1, -0.05) is 42.3 Å². The number of aliphatic hydroxyl groups is 2. The third-order valence-corrected chi connectivity index (χ3v) is 12.3. The average Bonchev–Trinajstić information content (AvgIpc) is 3.29. The Morgan fingerprint density at radius 3 is 2.48 bits per heavy atom. The highest BCUT2D eigenvalue weighted by atomic mass is 16.8. The molecule has 0 bridgehead atoms. The smallest absolute Gasteiger partial charge is 0.415 e. The van der Waals surface area contributed by atoms with E-state index in [2.05, 4.69) is 12.7 Å². The quantitative estimate of drug-likeness (QED) is 0.0385. The van der Waals surface area contributed by atoms with E-state index in [9.17, 15) is 29.9 Å². The minimum absolute atomic E-state index is 0.00547. The normalized spacial score (nSPS) is 25.6. The molecule has 2 heterocycles. The Kier molecular flexibility index (Phi) is 14.7. The fraction of sp³-hybridized carbons (Fsp3) is 0.468. The van der Waals surface area contributed by atoms with E-state index < -0.39 is 35.1 Å². The van der Waals surface area contributed by atoms with Gasteiger partial charge in [0.25, 0.3) is 5.69 Å². The first-order chi connectivity index (χ1) is 30.2. The van der Waals surface area contributed by atoms with E-state index in [1.165, 1.54) is 29.2 Å². The van der Waals surface area contributed by atoms with Crippen LogP contribution in [-0.4, -0.2) is 89.7 Å². The number of ether oxygens (including phenoxy) is 5. The molecule has 15 nitrogen and oxygen atoms in total. The summed E-state index contributed by atoms with van der Waals surface area (Å²) >= 11 is 0. The first-order valence-electron chi connectivity index (χ1n) is 21.5. The Morgan fingerprint density at radius 2 is 1.77 bits per heavy atom. The molecule has 7 rings (SSSR count). The minimum Gasteiger partial charge on any atom is -0.459 e. The van der Waals surface area contributed by atoms with Crippen LogP contribution in [0, 0.1) is 27.9 Å². The maximum atomic E-state index is 14.3. The Hall–Kier alpha value is -5.61. The minimum atomic E-state index is -1.53. The first kappa shape index (κ1) is 44.4. The largest absolute Gasteiger partial charge is 0.459 e. The number of amides is 1. The number of rotatable bonds is 19. The number of aliphatic hydroxyl groups excluding tert-OH is 2. The molecule has 4 aliphatic rings. The van der Waals surface area contributed by atoms with Crippen molar-refractivity contribution in [3.63, 3.8) is 0 Å². The molecule has 0 radical (unpaired) electrons. The number of allylic oxidation sites excluding steroid dienone is 1. The van der Waals surface area contributed by atoms with Gasteiger partial charge in [0, 0.05) is 62.3 Å². The number of unbranched alkanes of at least 4 members (excludes halogenated alkanes) is 2. The van der Waals surface area contributed by atoms with Crippen LogP contribution in [0.2, 0.25) is 0 Å². The maximum absolute atomic E-state index is 14.3. The fourth-order valence-corrected chi connectivity index (χ4v) is 9.43. The Bertz CT molecular complexity index is 2120. The lowest BCUT2D eigenvalue weighted by atomic mass is 9.55. The Morgan fingerprint density at radius 1 is 1.02 bits per heavy atom. The predicted molar refractivity (Wildman–Crippen MR) is 228 cm³/mol. The molecule has 2 aliphatic carbocycles. The van der Waals surface area contributed by atoms with Crippen LogP contribution in [0.5, 0.6) is 23.0 Å². The van der Waals surface area contributed by atoms with Gasteiger partial charge in [0.05, 0.1) is 29.8 Å². The molecule has 1 saturated carbocycles. The molecule has 0 aromatic heterocycles. The van der Waals surface area contributed by atoms with E-state index in [-0.39, 0.29) is 55.4 Å². The van der Waals surface area contributed by atoms with Gasteiger partial charge in [-0.2, -0.15) is 0 Å². The van der Waals surface area contributed by atoms with Gasteiger partial charge in [-0.25, -0.2) is 4.79 Å². The number of carbonyl (C=O) groups excluding carboxylic acids is 2. The second-order valence-electron chi connectivity index (χ2n) is 16.2. The van der Waals surface area contributed by atoms with Crippen molar-refractivity contribution >= 4 is 23.8 Å². The summed E-state index contributed by atoms with van der Waals surface area (Å²) in [4.78, 5) is 44.3. The molecule has 3 aromatic rings. The molecule has 1 amide bonds. The monoisotopic (exact) mass is 853 g/mol. The number of benzene rings is 3. The molecule has 1 saturated heterocycles. The fourth-order valence-electron chi connectivity index (χ4n) is 9.43. The summed E-state index contributed by atoms with van der Waals surface area (Å²) in [5.41, 5.74) is 2.63. The Labute approximate surface area is 361 Å². The molecule has 2 N–H and O–H groups in total. The lowest BCUT2D eigenvalue weighted by Crippen LogP contribution is -2.69. The van der Waals surface area contributed by atoms with Gasteiger partial charge in [-0.05, 0) is 98.4 Å². The number of non-ortho nitro benzene ring substituents is 1. The highest BCUT2D eigenvalue weighted by molar-refractivity contribution is 6.03. The number of hydrogen-bond donors (Lipinski definition) is 2. The highest BCUT2D eigenvalue weighted by Crippen LogP contribution is 2.62. The third kappa shape index (κ3) is 9.71. The zero-order valence-electron chi connectivity index (χ0n) is 35.0. The zero-order valence-corrected chi connectivity index (χ0v) is 35.0. The maximum Gasteiger partial charge on any atom is 0.415 e. The molecule has 3 aromatic carbocycles. The summed E-state index contributed by atoms with van der Waals surface area (Å²) in [5.74, 6) is -0.800. The lowest BCUT2D eigenvalue weighted by molar-refractivity contribution is -0.384. The predicted octanol–water partition coefficient (Wildman–Crippen LogP) is 8.49. The molecule has 15 heteroatoms. The number of nitrogens with zero attached hydrogens (tertiary/aromatic N) is 3. The summed E-state index contributed by atoms with van der Waals surface area (Å²) < 4.78 is 32.3. The van der Waals surface area contributed by atoms with E-state index in [0.29, 0.717) is 54.4 Å². The molecule has 62 heavy (non-hydrogen) atoms. The summed E-state index contributed by atoms with van der Waals surface area (Å²) in [6.45, 7) is 4.70. The van der Waals surface area contributed by atoms with Crippen molar-refractivity contribution in [3.8, 4) is 23.0 Å². The van der Waals surface area contributed by atoms with Crippen LogP contribution in [0.3, 0.4) is 0 Å². The number of nitro benzene ring substituents is 1. The van der Waals surface area contributed by atoms with E-state index in [1.54, 1.807) is 43.5 Å². The van der Waals surface area contributed by atoms with Crippen molar-refractivity contribution in [1.29, 1.82) is 0 Å². The Balaban J connectivity index is 1.39. The number of nitro groups is 1. The van der Waals surface area contributed by atoms with E-state index >= 15 is 0 Å². The molecular weight excluding hydrogens is 799 g/mol. The van der Waals surface area contributed by atoms with Crippen LogP contribution in [0.25, 0.3) is 0 Å². The molecule has 2 aliphatic heterocycles. The van der Waals surface area contributed by atoms with Crippen molar-refractivity contribution in [2.45, 2.75) is 88.2 Å². The number of aldehydes is 1. The number of carbonyl (C=O) groups is 2. The molecule has 0 spiro atoms. The first-order valence-corrected chi connectivity index (χ1v) is 21.5. The van der Waals surface area contributed by atoms with E-state index in [1.807, 2.05) is 12.1 Å². The van der Waals surface area contributed by atoms with Crippen LogP contribution < -0.4 is 14.2 Å². The van der Waals surface area contributed by atoms with Gasteiger partial charge in [-0.3, -0.25) is 14.9 Å². The van der Waals surface area contributed by atoms with Crippen LogP contribution in [0.1, 0.15) is 86.0 Å². The van der Waals surface area contributed by atoms with Crippen molar-refractivity contribution in [1.82, 2.24) is 4.90 Å². The molecule has 7 atom stereocenters. The molecule has 7 unspecified atom stereocenters. The second kappa shape index (κ2) is 20.5. The van der Waals surface area contributed by atoms with Crippen molar-refractivity contribution in [2.75, 3.05) is 33.5 Å². The van der Waals surface area contributed by atoms with Crippen LogP contribution in [-0.2, 0) is 14.3 Å². The lowest BCUT2D eigenvalue weighted by Gasteiger charge is -2.59. The number of hydrogen-bond acceptors (Lipinski definition) is 13. The highest BCUT2D eigenvalue weighted by Gasteiger charge is 2.65. The number of likely N-dealkylation sites (N-methyl/N-ethyl adjacent to an activating group) is 1. The van der Waals surface area contributed by atoms with E-state index in [4.69, 9.17) is 33.7 Å². The van der Waals surface area contributed by atoms with Crippen molar-refractivity contribution < 1.29 is 53.2 Å². The van der Waals surface area contributed by atoms with Gasteiger partial charge >= 0.3 is 6.09 Å². The van der Waals surface area contributed by atoms with Crippen LogP contribution >= 0.6 is 0 Å². The summed E-state index contributed by atoms with van der Waals surface area (Å²) in [6.07, 6.45) is 10.3. The van der Waals surface area contributed by atoms with Gasteiger partial charge in [0.15, 0.2) is 0 Å². The third-order valence-electron chi connectivity index (χ3n) is 12.3. The second-order valence-corrected chi connectivity index (χ2v) is 16.2. The average molecular weight is 854 g/mol. The SMILES string of the molecule is C=CCOC12Oc3ccc(Oc4cccc(C=O)c4)cc3C3C(CCCCO)C(CCCCO)C=C(C(=NOC4CCCCO4)CC1N(C)C(=O)Oc1ccc([N+](=O)[O-])cc1)C32. The van der Waals surface area contributed by atoms with Gasteiger partial charge < -0.3 is 43.6 Å². The van der Waals surface area contributed by atoms with Crippen LogP contribution in [0.4, 0.5) is 10.5 Å². The molecular formula is C47H55N3O12. The molecule has 330 valence electrons. The summed E-state index contributed by atoms with van der Waals surface area (Å²) in [6, 6.07) is 16.9. The zero-order chi connectivity index (χ0) is 43.6. The van der Waals surface area contributed by atoms with Gasteiger partial charge in [-0.15, -0.1) is 6.58 Å². The number of fused-ring (bicyclic) bond motifs is 2. The van der Waals surface area contributed by atoms with E-state index in [0.717, 1.165) is 55.9 Å². The summed E-state index contributed by atoms with van der Waals surface area (Å²) in [5, 5.41) is 36.0. The standard InChI is InChI=1S/C47H55N3O12/c1-3-24-58-47-42(49(2)46(54)60-34-18-16-33(17-19-34)50(55)56)29-40(48-62-43-15-6-9-25-57-43)38-27-32(12-4-7-22-51)37(14-5-8-23-52)44(45(38)47)39-28-36(20-21-41(39)61-47)59-35-13-10-11-31(26-35)30-53/h3,10-11,13,16-21,26-28,30,32,37,42-45,51-52H,1,4-9,12,14-15,22-25,29H2,2H3. The molecule has 2 fully saturated rings. The van der Waals surface area contributed by atoms with Gasteiger partial charge in [0.2, 0.25) is 12.1 Å². The topological polar surface area (TPSA) is 189 Å². The number of oxime groups is 1. The van der Waals surface area contributed by atoms with Crippen LogP contribution in [0.15, 0.2) is 96.2 Å². The summed E-state index contributed by atoms with van der Waals surface area (Å²) in [7, 11) is 1.60.